The quantitative estimate of drug-likeness (QED) is 0.593. The van der Waals surface area contributed by atoms with E-state index >= 15 is 0 Å². The number of carbonyl (C=O) groups is 3. The first-order valence-corrected chi connectivity index (χ1v) is 5.63. The van der Waals surface area contributed by atoms with Gasteiger partial charge in [-0.3, -0.25) is 14.5 Å². The third-order valence-corrected chi connectivity index (χ3v) is 2.91. The summed E-state index contributed by atoms with van der Waals surface area (Å²) in [7, 11) is 1.30. The van der Waals surface area contributed by atoms with Crippen LogP contribution in [0.1, 0.15) is 28.8 Å². The minimum atomic E-state index is -0.468. The third kappa shape index (κ3) is 2.25. The van der Waals surface area contributed by atoms with Gasteiger partial charge in [0.2, 0.25) is 11.8 Å². The van der Waals surface area contributed by atoms with Crippen LogP contribution >= 0.6 is 0 Å². The summed E-state index contributed by atoms with van der Waals surface area (Å²) in [6.07, 6.45) is 0.498. The third-order valence-electron chi connectivity index (χ3n) is 2.91. The molecule has 0 atom stereocenters. The molecule has 5 nitrogen and oxygen atoms in total. The first-order chi connectivity index (χ1) is 8.63. The minimum absolute atomic E-state index is 0.128. The van der Waals surface area contributed by atoms with Gasteiger partial charge in [0.25, 0.3) is 0 Å². The van der Waals surface area contributed by atoms with Crippen LogP contribution in [-0.4, -0.2) is 29.8 Å². The van der Waals surface area contributed by atoms with E-state index in [1.807, 2.05) is 0 Å². The van der Waals surface area contributed by atoms with Gasteiger partial charge in [-0.15, -0.1) is 0 Å². The van der Waals surface area contributed by atoms with Gasteiger partial charge in [0.15, 0.2) is 0 Å². The molecule has 0 bridgehead atoms. The Morgan fingerprint density at radius 3 is 2.44 bits per heavy atom. The lowest BCUT2D eigenvalue weighted by atomic mass is 10.1. The Hall–Kier alpha value is -2.17. The molecule has 18 heavy (non-hydrogen) atoms. The Labute approximate surface area is 104 Å². The van der Waals surface area contributed by atoms with Gasteiger partial charge in [-0.25, -0.2) is 4.79 Å². The molecule has 0 spiro atoms. The number of esters is 1. The van der Waals surface area contributed by atoms with Gasteiger partial charge in [0, 0.05) is 12.8 Å². The van der Waals surface area contributed by atoms with E-state index in [0.29, 0.717) is 11.1 Å². The monoisotopic (exact) mass is 247 g/mol. The van der Waals surface area contributed by atoms with Crippen LogP contribution in [0, 0.1) is 0 Å². The molecule has 1 aliphatic rings. The van der Waals surface area contributed by atoms with Crippen molar-refractivity contribution < 1.29 is 19.1 Å². The number of benzene rings is 1. The zero-order valence-corrected chi connectivity index (χ0v) is 10.0. The van der Waals surface area contributed by atoms with Crippen LogP contribution < -0.4 is 0 Å². The molecule has 0 N–H and O–H groups in total. The van der Waals surface area contributed by atoms with Crippen LogP contribution in [0.15, 0.2) is 24.3 Å². The van der Waals surface area contributed by atoms with Crippen molar-refractivity contribution in [3.05, 3.63) is 35.4 Å². The Morgan fingerprint density at radius 1 is 1.22 bits per heavy atom. The van der Waals surface area contributed by atoms with Gasteiger partial charge in [-0.1, -0.05) is 18.2 Å². The number of rotatable bonds is 3. The van der Waals surface area contributed by atoms with Crippen LogP contribution in [0.25, 0.3) is 0 Å². The number of hydrogen-bond acceptors (Lipinski definition) is 4. The molecular weight excluding hydrogens is 234 g/mol. The van der Waals surface area contributed by atoms with Crippen molar-refractivity contribution in [1.29, 1.82) is 0 Å². The number of carbonyl (C=O) groups excluding carboxylic acids is 3. The zero-order chi connectivity index (χ0) is 13.1. The van der Waals surface area contributed by atoms with Gasteiger partial charge in [0.05, 0.1) is 19.2 Å². The molecule has 1 aromatic carbocycles. The van der Waals surface area contributed by atoms with Crippen molar-refractivity contribution in [1.82, 2.24) is 4.90 Å². The molecule has 1 aromatic rings. The van der Waals surface area contributed by atoms with Gasteiger partial charge >= 0.3 is 5.97 Å². The van der Waals surface area contributed by atoms with Crippen LogP contribution in [0.3, 0.4) is 0 Å². The second kappa shape index (κ2) is 5.00. The fourth-order valence-electron chi connectivity index (χ4n) is 1.94. The molecule has 1 aliphatic heterocycles. The van der Waals surface area contributed by atoms with E-state index in [2.05, 4.69) is 4.74 Å². The maximum atomic E-state index is 11.6. The Balaban J connectivity index is 2.26. The van der Waals surface area contributed by atoms with Gasteiger partial charge in [0.1, 0.15) is 0 Å². The average molecular weight is 247 g/mol. The summed E-state index contributed by atoms with van der Waals surface area (Å²) in [6, 6.07) is 6.80. The standard InChI is InChI=1S/C13H13NO4/c1-18-13(17)10-5-3-2-4-9(10)8-14-11(15)6-7-12(14)16/h2-5H,6-8H2,1H3. The lowest BCUT2D eigenvalue weighted by Crippen LogP contribution is -2.29. The minimum Gasteiger partial charge on any atom is -0.465 e. The Bertz CT molecular complexity index is 493. The number of nitrogens with zero attached hydrogens (tertiary/aromatic N) is 1. The topological polar surface area (TPSA) is 63.7 Å². The van der Waals surface area contributed by atoms with Crippen molar-refractivity contribution in [3.63, 3.8) is 0 Å². The number of imide groups is 1. The van der Waals surface area contributed by atoms with E-state index in [1.165, 1.54) is 12.0 Å². The van der Waals surface area contributed by atoms with Gasteiger partial charge in [-0.05, 0) is 11.6 Å². The summed E-state index contributed by atoms with van der Waals surface area (Å²) in [5, 5.41) is 0. The fraction of sp³-hybridized carbons (Fsp3) is 0.308. The highest BCUT2D eigenvalue weighted by Crippen LogP contribution is 2.18. The van der Waals surface area contributed by atoms with Gasteiger partial charge < -0.3 is 4.74 Å². The number of ether oxygens (including phenoxy) is 1. The second-order valence-electron chi connectivity index (χ2n) is 4.02. The van der Waals surface area contributed by atoms with E-state index in [0.717, 1.165) is 0 Å². The summed E-state index contributed by atoms with van der Waals surface area (Å²) in [4.78, 5) is 35.8. The molecule has 2 rings (SSSR count). The summed E-state index contributed by atoms with van der Waals surface area (Å²) < 4.78 is 4.67. The normalized spacial score (nSPS) is 15.1. The van der Waals surface area contributed by atoms with E-state index < -0.39 is 5.97 Å². The molecule has 1 heterocycles. The smallest absolute Gasteiger partial charge is 0.338 e. The van der Waals surface area contributed by atoms with Crippen LogP contribution in [0.2, 0.25) is 0 Å². The maximum Gasteiger partial charge on any atom is 0.338 e. The van der Waals surface area contributed by atoms with E-state index in [4.69, 9.17) is 0 Å². The molecular formula is C13H13NO4. The Morgan fingerprint density at radius 2 is 1.83 bits per heavy atom. The highest BCUT2D eigenvalue weighted by Gasteiger charge is 2.29. The lowest BCUT2D eigenvalue weighted by Gasteiger charge is -2.15. The summed E-state index contributed by atoms with van der Waals surface area (Å²) >= 11 is 0. The van der Waals surface area contributed by atoms with E-state index in [9.17, 15) is 14.4 Å². The fourth-order valence-corrected chi connectivity index (χ4v) is 1.94. The first-order valence-electron chi connectivity index (χ1n) is 5.63. The lowest BCUT2D eigenvalue weighted by molar-refractivity contribution is -0.139. The average Bonchev–Trinajstić information content (AvgIpc) is 2.70. The van der Waals surface area contributed by atoms with Crippen molar-refractivity contribution in [3.8, 4) is 0 Å². The molecule has 0 aromatic heterocycles. The highest BCUT2D eigenvalue weighted by molar-refractivity contribution is 6.02. The molecule has 5 heteroatoms. The van der Waals surface area contributed by atoms with Gasteiger partial charge in [-0.2, -0.15) is 0 Å². The number of likely N-dealkylation sites (tertiary alicyclic amines) is 1. The molecule has 2 amide bonds. The molecule has 0 unspecified atom stereocenters. The van der Waals surface area contributed by atoms with Crippen molar-refractivity contribution >= 4 is 17.8 Å². The summed E-state index contributed by atoms with van der Waals surface area (Å²) in [5.74, 6) is -0.857. The van der Waals surface area contributed by atoms with Crippen molar-refractivity contribution in [2.24, 2.45) is 0 Å². The predicted octanol–water partition coefficient (Wildman–Crippen LogP) is 1.12. The molecule has 0 aliphatic carbocycles. The largest absolute Gasteiger partial charge is 0.465 e. The molecule has 1 saturated heterocycles. The first kappa shape index (κ1) is 12.3. The molecule has 0 saturated carbocycles. The second-order valence-corrected chi connectivity index (χ2v) is 4.02. The number of amides is 2. The van der Waals surface area contributed by atoms with Crippen LogP contribution in [0.4, 0.5) is 0 Å². The Kier molecular flexibility index (Phi) is 3.41. The maximum absolute atomic E-state index is 11.6. The van der Waals surface area contributed by atoms with Crippen LogP contribution in [-0.2, 0) is 20.9 Å². The molecule has 94 valence electrons. The number of hydrogen-bond donors (Lipinski definition) is 0. The van der Waals surface area contributed by atoms with Crippen molar-refractivity contribution in [2.45, 2.75) is 19.4 Å². The highest BCUT2D eigenvalue weighted by atomic mass is 16.5. The van der Waals surface area contributed by atoms with E-state index in [1.54, 1.807) is 24.3 Å². The van der Waals surface area contributed by atoms with Crippen molar-refractivity contribution in [2.75, 3.05) is 7.11 Å². The zero-order valence-electron chi connectivity index (χ0n) is 10.0. The molecule has 1 fully saturated rings. The molecule has 0 radical (unpaired) electrons. The van der Waals surface area contributed by atoms with E-state index in [-0.39, 0.29) is 31.2 Å². The number of methoxy groups -OCH3 is 1. The summed E-state index contributed by atoms with van der Waals surface area (Å²) in [6.45, 7) is 0.128. The summed E-state index contributed by atoms with van der Waals surface area (Å²) in [5.41, 5.74) is 1.00. The predicted molar refractivity (Wildman–Crippen MR) is 62.6 cm³/mol. The van der Waals surface area contributed by atoms with Crippen LogP contribution in [0.5, 0.6) is 0 Å². The SMILES string of the molecule is COC(=O)c1ccccc1CN1C(=O)CCC1=O.